The highest BCUT2D eigenvalue weighted by molar-refractivity contribution is 5.83. The molecule has 2 amide bonds. The minimum atomic E-state index is -0.964. The Balaban J connectivity index is 1.98. The molecule has 0 spiro atoms. The fourth-order valence-corrected chi connectivity index (χ4v) is 3.03. The van der Waals surface area contributed by atoms with Crippen molar-refractivity contribution < 1.29 is 19.4 Å². The van der Waals surface area contributed by atoms with Crippen molar-refractivity contribution in [1.82, 2.24) is 10.2 Å². The van der Waals surface area contributed by atoms with Crippen LogP contribution in [0.1, 0.15) is 32.6 Å². The summed E-state index contributed by atoms with van der Waals surface area (Å²) in [5, 5.41) is 12.1. The Labute approximate surface area is 113 Å². The lowest BCUT2D eigenvalue weighted by molar-refractivity contribution is -0.141. The smallest absolute Gasteiger partial charge is 0.326 e. The lowest BCUT2D eigenvalue weighted by Crippen LogP contribution is -2.49. The normalized spacial score (nSPS) is 34.5. The summed E-state index contributed by atoms with van der Waals surface area (Å²) in [5.74, 6) is -0.498. The zero-order chi connectivity index (χ0) is 14.0. The Morgan fingerprint density at radius 3 is 2.63 bits per heavy atom. The molecule has 0 bridgehead atoms. The second-order valence-electron chi connectivity index (χ2n) is 5.56. The molecule has 0 radical (unpaired) electrons. The van der Waals surface area contributed by atoms with Gasteiger partial charge in [-0.05, 0) is 18.8 Å². The predicted molar refractivity (Wildman–Crippen MR) is 68.9 cm³/mol. The van der Waals surface area contributed by atoms with Crippen molar-refractivity contribution in [3.8, 4) is 0 Å². The maximum absolute atomic E-state index is 12.2. The van der Waals surface area contributed by atoms with E-state index >= 15 is 0 Å². The summed E-state index contributed by atoms with van der Waals surface area (Å²) in [6.45, 7) is 2.47. The van der Waals surface area contributed by atoms with Gasteiger partial charge >= 0.3 is 12.0 Å². The Kier molecular flexibility index (Phi) is 4.29. The molecule has 108 valence electrons. The van der Waals surface area contributed by atoms with Crippen molar-refractivity contribution in [2.24, 2.45) is 5.92 Å². The standard InChI is InChI=1S/C13H22N2O4/c1-8-4-3-5-10(8)14-13(18)15-7-9(19-2)6-11(15)12(16)17/h8-11H,3-7H2,1-2H3,(H,14,18)(H,16,17). The van der Waals surface area contributed by atoms with E-state index in [0.29, 0.717) is 18.9 Å². The van der Waals surface area contributed by atoms with Gasteiger partial charge in [-0.25, -0.2) is 9.59 Å². The number of likely N-dealkylation sites (tertiary alicyclic amines) is 1. The van der Waals surface area contributed by atoms with Crippen LogP contribution >= 0.6 is 0 Å². The van der Waals surface area contributed by atoms with E-state index in [2.05, 4.69) is 12.2 Å². The number of carbonyl (C=O) groups excluding carboxylic acids is 1. The molecule has 6 heteroatoms. The van der Waals surface area contributed by atoms with Gasteiger partial charge in [0.1, 0.15) is 6.04 Å². The van der Waals surface area contributed by atoms with Gasteiger partial charge in [0, 0.05) is 26.1 Å². The zero-order valence-electron chi connectivity index (χ0n) is 11.5. The quantitative estimate of drug-likeness (QED) is 0.803. The summed E-state index contributed by atoms with van der Waals surface area (Å²) in [5.41, 5.74) is 0. The Morgan fingerprint density at radius 1 is 1.37 bits per heavy atom. The minimum Gasteiger partial charge on any atom is -0.480 e. The number of hydrogen-bond acceptors (Lipinski definition) is 3. The summed E-state index contributed by atoms with van der Waals surface area (Å²) in [6, 6.07) is -0.879. The van der Waals surface area contributed by atoms with Crippen LogP contribution in [0.4, 0.5) is 4.79 Å². The zero-order valence-corrected chi connectivity index (χ0v) is 11.5. The van der Waals surface area contributed by atoms with Gasteiger partial charge in [-0.2, -0.15) is 0 Å². The summed E-state index contributed by atoms with van der Waals surface area (Å²) in [7, 11) is 1.55. The van der Waals surface area contributed by atoms with E-state index in [9.17, 15) is 14.7 Å². The predicted octanol–water partition coefficient (Wildman–Crippen LogP) is 1.06. The molecule has 2 N–H and O–H groups in total. The topological polar surface area (TPSA) is 78.9 Å². The number of nitrogens with one attached hydrogen (secondary N) is 1. The summed E-state index contributed by atoms with van der Waals surface area (Å²) in [4.78, 5) is 24.8. The van der Waals surface area contributed by atoms with Crippen LogP contribution in [0.3, 0.4) is 0 Å². The largest absolute Gasteiger partial charge is 0.480 e. The number of carbonyl (C=O) groups is 2. The average Bonchev–Trinajstić information content (AvgIpc) is 2.96. The Bertz CT molecular complexity index is 361. The van der Waals surface area contributed by atoms with Crippen molar-refractivity contribution in [2.75, 3.05) is 13.7 Å². The maximum atomic E-state index is 12.2. The third-order valence-corrected chi connectivity index (χ3v) is 4.31. The first kappa shape index (κ1) is 14.1. The first-order chi connectivity index (χ1) is 9.02. The molecule has 1 aliphatic carbocycles. The van der Waals surface area contributed by atoms with Crippen molar-refractivity contribution in [3.05, 3.63) is 0 Å². The van der Waals surface area contributed by atoms with Gasteiger partial charge in [0.25, 0.3) is 0 Å². The van der Waals surface area contributed by atoms with Gasteiger partial charge in [-0.15, -0.1) is 0 Å². The molecule has 1 heterocycles. The summed E-state index contributed by atoms with van der Waals surface area (Å²) < 4.78 is 5.18. The van der Waals surface area contributed by atoms with Crippen molar-refractivity contribution in [3.63, 3.8) is 0 Å². The van der Waals surface area contributed by atoms with Gasteiger partial charge < -0.3 is 20.1 Å². The van der Waals surface area contributed by atoms with E-state index in [4.69, 9.17) is 4.74 Å². The maximum Gasteiger partial charge on any atom is 0.326 e. The van der Waals surface area contributed by atoms with Gasteiger partial charge in [-0.3, -0.25) is 0 Å². The molecule has 0 aromatic rings. The number of carboxylic acid groups (broad SMARTS) is 1. The van der Waals surface area contributed by atoms with E-state index in [1.807, 2.05) is 0 Å². The number of hydrogen-bond donors (Lipinski definition) is 2. The fourth-order valence-electron chi connectivity index (χ4n) is 3.03. The van der Waals surface area contributed by atoms with Crippen LogP contribution in [0.2, 0.25) is 0 Å². The molecule has 4 unspecified atom stereocenters. The molecule has 1 saturated heterocycles. The van der Waals surface area contributed by atoms with Crippen LogP contribution in [0.25, 0.3) is 0 Å². The van der Waals surface area contributed by atoms with Crippen LogP contribution < -0.4 is 5.32 Å². The molecule has 6 nitrogen and oxygen atoms in total. The highest BCUT2D eigenvalue weighted by atomic mass is 16.5. The Hall–Kier alpha value is -1.30. The molecular formula is C13H22N2O4. The van der Waals surface area contributed by atoms with E-state index in [1.54, 1.807) is 7.11 Å². The molecule has 2 rings (SSSR count). The molecule has 2 aliphatic rings. The molecular weight excluding hydrogens is 248 g/mol. The summed E-state index contributed by atoms with van der Waals surface area (Å²) in [6.07, 6.45) is 3.39. The number of rotatable bonds is 3. The molecule has 0 aromatic heterocycles. The first-order valence-corrected chi connectivity index (χ1v) is 6.85. The van der Waals surface area contributed by atoms with Crippen molar-refractivity contribution in [1.29, 1.82) is 0 Å². The van der Waals surface area contributed by atoms with Gasteiger partial charge in [0.15, 0.2) is 0 Å². The number of amides is 2. The van der Waals surface area contributed by atoms with E-state index in [-0.39, 0.29) is 18.2 Å². The van der Waals surface area contributed by atoms with Crippen LogP contribution in [0, 0.1) is 5.92 Å². The third-order valence-electron chi connectivity index (χ3n) is 4.31. The Morgan fingerprint density at radius 2 is 2.11 bits per heavy atom. The van der Waals surface area contributed by atoms with E-state index in [0.717, 1.165) is 19.3 Å². The third kappa shape index (κ3) is 3.00. The fraction of sp³-hybridized carbons (Fsp3) is 0.846. The average molecular weight is 270 g/mol. The van der Waals surface area contributed by atoms with E-state index in [1.165, 1.54) is 4.90 Å². The monoisotopic (exact) mass is 270 g/mol. The molecule has 0 aromatic carbocycles. The number of aliphatic carboxylic acids is 1. The molecule has 2 fully saturated rings. The minimum absolute atomic E-state index is 0.170. The number of urea groups is 1. The number of carboxylic acids is 1. The second kappa shape index (κ2) is 5.77. The highest BCUT2D eigenvalue weighted by Crippen LogP contribution is 2.26. The van der Waals surface area contributed by atoms with Crippen LogP contribution in [-0.2, 0) is 9.53 Å². The van der Waals surface area contributed by atoms with Crippen LogP contribution in [0.5, 0.6) is 0 Å². The highest BCUT2D eigenvalue weighted by Gasteiger charge is 2.40. The lowest BCUT2D eigenvalue weighted by atomic mass is 10.1. The SMILES string of the molecule is COC1CC(C(=O)O)N(C(=O)NC2CCCC2C)C1. The number of ether oxygens (including phenoxy) is 1. The number of nitrogens with zero attached hydrogens (tertiary/aromatic N) is 1. The lowest BCUT2D eigenvalue weighted by Gasteiger charge is -2.25. The first-order valence-electron chi connectivity index (χ1n) is 6.85. The molecule has 19 heavy (non-hydrogen) atoms. The van der Waals surface area contributed by atoms with Gasteiger partial charge in [0.05, 0.1) is 6.10 Å². The summed E-state index contributed by atoms with van der Waals surface area (Å²) >= 11 is 0. The van der Waals surface area contributed by atoms with Crippen LogP contribution in [-0.4, -0.2) is 53.8 Å². The van der Waals surface area contributed by atoms with Gasteiger partial charge in [0.2, 0.25) is 0 Å². The molecule has 4 atom stereocenters. The second-order valence-corrected chi connectivity index (χ2v) is 5.56. The molecule has 1 saturated carbocycles. The van der Waals surface area contributed by atoms with Crippen LogP contribution in [0.15, 0.2) is 0 Å². The van der Waals surface area contributed by atoms with E-state index < -0.39 is 12.0 Å². The van der Waals surface area contributed by atoms with Gasteiger partial charge in [-0.1, -0.05) is 13.3 Å². The number of methoxy groups -OCH3 is 1. The molecule has 1 aliphatic heterocycles. The van der Waals surface area contributed by atoms with Crippen molar-refractivity contribution >= 4 is 12.0 Å². The van der Waals surface area contributed by atoms with Crippen molar-refractivity contribution in [2.45, 2.75) is 50.8 Å².